The van der Waals surface area contributed by atoms with Crippen LogP contribution in [0.5, 0.6) is 0 Å². The van der Waals surface area contributed by atoms with Crippen molar-refractivity contribution in [3.05, 3.63) is 23.8 Å². The van der Waals surface area contributed by atoms with E-state index >= 15 is 0 Å². The molecular weight excluding hydrogens is 290 g/mol. The Kier molecular flexibility index (Phi) is 3.99. The molecule has 1 aliphatic heterocycles. The molecule has 1 heterocycles. The Morgan fingerprint density at radius 3 is 2.70 bits per heavy atom. The van der Waals surface area contributed by atoms with Gasteiger partial charge in [-0.3, -0.25) is 0 Å². The molecule has 1 atom stereocenters. The number of anilines is 1. The third-order valence-electron chi connectivity index (χ3n) is 3.28. The molecule has 5 nitrogen and oxygen atoms in total. The summed E-state index contributed by atoms with van der Waals surface area (Å²) in [6, 6.07) is 1.22. The van der Waals surface area contributed by atoms with E-state index in [4.69, 9.17) is 10.5 Å². The summed E-state index contributed by atoms with van der Waals surface area (Å²) in [5.74, 6) is -2.17. The summed E-state index contributed by atoms with van der Waals surface area (Å²) in [5.41, 5.74) is 4.25. The lowest BCUT2D eigenvalue weighted by Gasteiger charge is -2.23. The highest BCUT2D eigenvalue weighted by Crippen LogP contribution is 2.25. The maximum absolute atomic E-state index is 13.6. The van der Waals surface area contributed by atoms with E-state index in [-0.39, 0.29) is 6.54 Å². The number of hydrogen-bond donors (Lipinski definition) is 2. The van der Waals surface area contributed by atoms with Crippen LogP contribution in [0, 0.1) is 11.6 Å². The van der Waals surface area contributed by atoms with Crippen molar-refractivity contribution in [3.8, 4) is 0 Å². The SMILES string of the molecule is CC1(CNS(=O)(=O)c2cc(N)c(F)cc2F)CCCO1. The fourth-order valence-corrected chi connectivity index (χ4v) is 3.30. The van der Waals surface area contributed by atoms with Crippen LogP contribution in [0.25, 0.3) is 0 Å². The Bertz CT molecular complexity index is 613. The number of hydrogen-bond acceptors (Lipinski definition) is 4. The average Bonchev–Trinajstić information content (AvgIpc) is 2.79. The molecule has 1 aliphatic rings. The van der Waals surface area contributed by atoms with Gasteiger partial charge in [-0.1, -0.05) is 0 Å². The van der Waals surface area contributed by atoms with Crippen molar-refractivity contribution < 1.29 is 21.9 Å². The van der Waals surface area contributed by atoms with E-state index in [1.807, 2.05) is 0 Å². The van der Waals surface area contributed by atoms with Gasteiger partial charge in [-0.05, 0) is 25.8 Å². The number of halogens is 2. The van der Waals surface area contributed by atoms with Gasteiger partial charge in [-0.25, -0.2) is 21.9 Å². The molecule has 0 saturated carbocycles. The number of nitrogens with two attached hydrogens (primary N) is 1. The van der Waals surface area contributed by atoms with Gasteiger partial charge >= 0.3 is 0 Å². The zero-order valence-electron chi connectivity index (χ0n) is 10.9. The number of sulfonamides is 1. The largest absolute Gasteiger partial charge is 0.396 e. The summed E-state index contributed by atoms with van der Waals surface area (Å²) in [6.07, 6.45) is 1.56. The Balaban J connectivity index is 2.20. The van der Waals surface area contributed by atoms with Gasteiger partial charge in [-0.15, -0.1) is 0 Å². The molecule has 8 heteroatoms. The molecule has 1 fully saturated rings. The Labute approximate surface area is 116 Å². The van der Waals surface area contributed by atoms with Gasteiger partial charge in [0.25, 0.3) is 0 Å². The minimum atomic E-state index is -4.11. The highest BCUT2D eigenvalue weighted by atomic mass is 32.2. The summed E-state index contributed by atoms with van der Waals surface area (Å²) in [7, 11) is -4.11. The number of benzene rings is 1. The first kappa shape index (κ1) is 15.1. The van der Waals surface area contributed by atoms with Crippen LogP contribution in [0.2, 0.25) is 0 Å². The summed E-state index contributed by atoms with van der Waals surface area (Å²) in [6.45, 7) is 2.36. The van der Waals surface area contributed by atoms with Crippen molar-refractivity contribution in [1.82, 2.24) is 4.72 Å². The number of nitrogen functional groups attached to an aromatic ring is 1. The van der Waals surface area contributed by atoms with Crippen LogP contribution in [-0.4, -0.2) is 27.2 Å². The minimum Gasteiger partial charge on any atom is -0.396 e. The Morgan fingerprint density at radius 2 is 2.10 bits per heavy atom. The van der Waals surface area contributed by atoms with Gasteiger partial charge in [0, 0.05) is 19.2 Å². The van der Waals surface area contributed by atoms with Gasteiger partial charge < -0.3 is 10.5 Å². The second-order valence-electron chi connectivity index (χ2n) is 5.03. The standard InChI is InChI=1S/C12H16F2N2O3S/c1-12(3-2-4-19-12)7-16-20(17,18)11-6-10(15)8(13)5-9(11)14/h5-6,16H,2-4,7,15H2,1H3. The van der Waals surface area contributed by atoms with Gasteiger partial charge in [0.1, 0.15) is 16.5 Å². The Hall–Kier alpha value is -1.25. The van der Waals surface area contributed by atoms with Crippen molar-refractivity contribution in [2.45, 2.75) is 30.3 Å². The second kappa shape index (κ2) is 5.27. The van der Waals surface area contributed by atoms with Gasteiger partial charge in [0.2, 0.25) is 10.0 Å². The molecule has 1 unspecified atom stereocenters. The quantitative estimate of drug-likeness (QED) is 0.824. The van der Waals surface area contributed by atoms with Gasteiger partial charge in [0.15, 0.2) is 0 Å². The van der Waals surface area contributed by atoms with Crippen molar-refractivity contribution in [2.75, 3.05) is 18.9 Å². The molecule has 20 heavy (non-hydrogen) atoms. The molecule has 0 spiro atoms. The zero-order valence-corrected chi connectivity index (χ0v) is 11.8. The molecule has 2 rings (SSSR count). The van der Waals surface area contributed by atoms with E-state index in [0.717, 1.165) is 12.5 Å². The van der Waals surface area contributed by atoms with Crippen molar-refractivity contribution in [3.63, 3.8) is 0 Å². The fourth-order valence-electron chi connectivity index (χ4n) is 2.05. The smallest absolute Gasteiger partial charge is 0.243 e. The van der Waals surface area contributed by atoms with E-state index < -0.39 is 37.8 Å². The molecule has 0 aliphatic carbocycles. The lowest BCUT2D eigenvalue weighted by molar-refractivity contribution is 0.0250. The molecule has 3 N–H and O–H groups in total. The van der Waals surface area contributed by atoms with Crippen LogP contribution in [0.1, 0.15) is 19.8 Å². The number of nitrogens with one attached hydrogen (secondary N) is 1. The van der Waals surface area contributed by atoms with Crippen molar-refractivity contribution in [1.29, 1.82) is 0 Å². The monoisotopic (exact) mass is 306 g/mol. The lowest BCUT2D eigenvalue weighted by Crippen LogP contribution is -2.40. The highest BCUT2D eigenvalue weighted by molar-refractivity contribution is 7.89. The first-order valence-electron chi connectivity index (χ1n) is 6.12. The molecule has 1 aromatic rings. The molecule has 1 aromatic carbocycles. The van der Waals surface area contributed by atoms with Crippen molar-refractivity contribution >= 4 is 15.7 Å². The first-order valence-corrected chi connectivity index (χ1v) is 7.60. The third kappa shape index (κ3) is 3.08. The number of ether oxygens (including phenoxy) is 1. The van der Waals surface area contributed by atoms with E-state index in [9.17, 15) is 17.2 Å². The zero-order chi connectivity index (χ0) is 15.0. The first-order chi connectivity index (χ1) is 9.23. The van der Waals surface area contributed by atoms with E-state index in [0.29, 0.717) is 19.1 Å². The van der Waals surface area contributed by atoms with E-state index in [1.165, 1.54) is 0 Å². The maximum Gasteiger partial charge on any atom is 0.243 e. The van der Waals surface area contributed by atoms with E-state index in [1.54, 1.807) is 6.92 Å². The normalized spacial score (nSPS) is 23.1. The van der Waals surface area contributed by atoms with Crippen LogP contribution in [0.4, 0.5) is 14.5 Å². The summed E-state index contributed by atoms with van der Waals surface area (Å²) >= 11 is 0. The Morgan fingerprint density at radius 1 is 1.40 bits per heavy atom. The van der Waals surface area contributed by atoms with Crippen LogP contribution < -0.4 is 10.5 Å². The summed E-state index contributed by atoms with van der Waals surface area (Å²) in [5, 5.41) is 0. The third-order valence-corrected chi connectivity index (χ3v) is 4.69. The predicted molar refractivity (Wildman–Crippen MR) is 69.5 cm³/mol. The highest BCUT2D eigenvalue weighted by Gasteiger charge is 2.32. The van der Waals surface area contributed by atoms with Gasteiger partial charge in [0.05, 0.1) is 11.3 Å². The molecule has 0 bridgehead atoms. The van der Waals surface area contributed by atoms with Crippen molar-refractivity contribution in [2.24, 2.45) is 0 Å². The van der Waals surface area contributed by atoms with Crippen LogP contribution in [-0.2, 0) is 14.8 Å². The maximum atomic E-state index is 13.6. The minimum absolute atomic E-state index is 0.0199. The second-order valence-corrected chi connectivity index (χ2v) is 6.77. The van der Waals surface area contributed by atoms with E-state index in [2.05, 4.69) is 4.72 Å². The molecular formula is C12H16F2N2O3S. The molecule has 112 valence electrons. The molecule has 0 aromatic heterocycles. The lowest BCUT2D eigenvalue weighted by atomic mass is 10.0. The van der Waals surface area contributed by atoms with Crippen LogP contribution in [0.15, 0.2) is 17.0 Å². The molecule has 1 saturated heterocycles. The summed E-state index contributed by atoms with van der Waals surface area (Å²) in [4.78, 5) is -0.669. The molecule has 0 amide bonds. The number of rotatable bonds is 4. The van der Waals surface area contributed by atoms with Crippen LogP contribution >= 0.6 is 0 Å². The predicted octanol–water partition coefficient (Wildman–Crippen LogP) is 1.39. The van der Waals surface area contributed by atoms with Crippen LogP contribution in [0.3, 0.4) is 0 Å². The topological polar surface area (TPSA) is 81.4 Å². The average molecular weight is 306 g/mol. The molecule has 0 radical (unpaired) electrons. The van der Waals surface area contributed by atoms with Gasteiger partial charge in [-0.2, -0.15) is 0 Å². The summed E-state index contributed by atoms with van der Waals surface area (Å²) < 4.78 is 58.4. The fraction of sp³-hybridized carbons (Fsp3) is 0.500.